The van der Waals surface area contributed by atoms with E-state index in [4.69, 9.17) is 34.8 Å². The van der Waals surface area contributed by atoms with Crippen molar-refractivity contribution >= 4 is 52.3 Å². The van der Waals surface area contributed by atoms with E-state index in [1.807, 2.05) is 0 Å². The zero-order chi connectivity index (χ0) is 17.0. The third-order valence-electron chi connectivity index (χ3n) is 3.13. The molecule has 0 saturated heterocycles. The van der Waals surface area contributed by atoms with E-state index in [1.165, 1.54) is 12.1 Å². The summed E-state index contributed by atoms with van der Waals surface area (Å²) in [5.74, 6) is -0.821. The van der Waals surface area contributed by atoms with Gasteiger partial charge in [0.05, 0.1) is 17.1 Å². The topological polar surface area (TPSA) is 58.2 Å². The number of carbonyl (C=O) groups excluding carboxylic acids is 2. The number of hydrogen-bond acceptors (Lipinski definition) is 2. The van der Waals surface area contributed by atoms with E-state index in [0.29, 0.717) is 15.7 Å². The molecule has 2 amide bonds. The van der Waals surface area contributed by atoms with Gasteiger partial charge in [-0.3, -0.25) is 9.59 Å². The fourth-order valence-electron chi connectivity index (χ4n) is 1.87. The first-order valence-electron chi connectivity index (χ1n) is 6.66. The highest BCUT2D eigenvalue weighted by molar-refractivity contribution is 6.36. The number of rotatable bonds is 4. The Morgan fingerprint density at radius 2 is 1.78 bits per heavy atom. The molecule has 7 heteroatoms. The van der Waals surface area contributed by atoms with Crippen LogP contribution in [-0.2, 0) is 4.79 Å². The minimum Gasteiger partial charge on any atom is -0.343 e. The number of benzene rings is 2. The summed E-state index contributed by atoms with van der Waals surface area (Å²) in [6.07, 6.45) is 0. The van der Waals surface area contributed by atoms with Crippen molar-refractivity contribution in [3.8, 4) is 0 Å². The summed E-state index contributed by atoms with van der Waals surface area (Å²) in [5.41, 5.74) is 1.61. The van der Waals surface area contributed by atoms with Crippen LogP contribution in [0.2, 0.25) is 15.1 Å². The molecule has 23 heavy (non-hydrogen) atoms. The largest absolute Gasteiger partial charge is 0.343 e. The molecule has 0 radical (unpaired) electrons. The molecular weight excluding hydrogens is 359 g/mol. The summed E-state index contributed by atoms with van der Waals surface area (Å²) in [5, 5.41) is 6.40. The molecule has 0 spiro atoms. The van der Waals surface area contributed by atoms with Gasteiger partial charge in [0.1, 0.15) is 0 Å². The van der Waals surface area contributed by atoms with Gasteiger partial charge in [0, 0.05) is 15.7 Å². The van der Waals surface area contributed by atoms with E-state index in [2.05, 4.69) is 10.6 Å². The standard InChI is InChI=1S/C16H13Cl3N2O2/c1-9-12(18)3-2-4-14(9)21-15(22)8-20-16(23)11-6-5-10(17)7-13(11)19/h2-7H,8H2,1H3,(H,20,23)(H,21,22). The van der Waals surface area contributed by atoms with Crippen LogP contribution in [0.25, 0.3) is 0 Å². The average molecular weight is 372 g/mol. The Morgan fingerprint density at radius 3 is 2.48 bits per heavy atom. The third-order valence-corrected chi connectivity index (χ3v) is 4.08. The van der Waals surface area contributed by atoms with Crippen molar-refractivity contribution < 1.29 is 9.59 Å². The predicted molar refractivity (Wildman–Crippen MR) is 93.6 cm³/mol. The lowest BCUT2D eigenvalue weighted by molar-refractivity contribution is -0.115. The molecule has 0 aromatic heterocycles. The Labute approximate surface area is 148 Å². The molecule has 0 bridgehead atoms. The monoisotopic (exact) mass is 370 g/mol. The van der Waals surface area contributed by atoms with E-state index >= 15 is 0 Å². The van der Waals surface area contributed by atoms with Crippen molar-refractivity contribution in [1.82, 2.24) is 5.32 Å². The molecule has 0 aliphatic heterocycles. The lowest BCUT2D eigenvalue weighted by Gasteiger charge is -2.10. The van der Waals surface area contributed by atoms with E-state index in [-0.39, 0.29) is 23.0 Å². The second-order valence-electron chi connectivity index (χ2n) is 4.77. The minimum atomic E-state index is -0.454. The van der Waals surface area contributed by atoms with E-state index in [9.17, 15) is 9.59 Å². The molecule has 0 aliphatic carbocycles. The van der Waals surface area contributed by atoms with Crippen LogP contribution in [0.15, 0.2) is 36.4 Å². The van der Waals surface area contributed by atoms with Gasteiger partial charge in [0.25, 0.3) is 5.91 Å². The first kappa shape index (κ1) is 17.6. The number of amides is 2. The molecule has 0 heterocycles. The summed E-state index contributed by atoms with van der Waals surface area (Å²) >= 11 is 17.7. The van der Waals surface area contributed by atoms with Crippen LogP contribution in [0, 0.1) is 6.92 Å². The summed E-state index contributed by atoms with van der Waals surface area (Å²) < 4.78 is 0. The lowest BCUT2D eigenvalue weighted by Crippen LogP contribution is -2.33. The molecule has 0 saturated carbocycles. The number of nitrogens with one attached hydrogen (secondary N) is 2. The summed E-state index contributed by atoms with van der Waals surface area (Å²) in [4.78, 5) is 23.9. The maximum absolute atomic E-state index is 12.0. The van der Waals surface area contributed by atoms with Crippen molar-refractivity contribution in [3.63, 3.8) is 0 Å². The molecular formula is C16H13Cl3N2O2. The lowest BCUT2D eigenvalue weighted by atomic mass is 10.2. The maximum Gasteiger partial charge on any atom is 0.253 e. The minimum absolute atomic E-state index is 0.191. The molecule has 2 aromatic rings. The van der Waals surface area contributed by atoms with Crippen molar-refractivity contribution in [3.05, 3.63) is 62.6 Å². The highest BCUT2D eigenvalue weighted by Gasteiger charge is 2.13. The Kier molecular flexibility index (Phi) is 5.88. The Hall–Kier alpha value is -1.75. The van der Waals surface area contributed by atoms with Gasteiger partial charge < -0.3 is 10.6 Å². The number of anilines is 1. The second kappa shape index (κ2) is 7.68. The summed E-state index contributed by atoms with van der Waals surface area (Å²) in [6, 6.07) is 9.72. The second-order valence-corrected chi connectivity index (χ2v) is 6.02. The molecule has 120 valence electrons. The van der Waals surface area contributed by atoms with Gasteiger partial charge in [0.2, 0.25) is 5.91 Å². The van der Waals surface area contributed by atoms with E-state index in [0.717, 1.165) is 5.56 Å². The summed E-state index contributed by atoms with van der Waals surface area (Å²) in [6.45, 7) is 1.60. The van der Waals surface area contributed by atoms with Gasteiger partial charge in [-0.2, -0.15) is 0 Å². The molecule has 0 fully saturated rings. The molecule has 0 unspecified atom stereocenters. The quantitative estimate of drug-likeness (QED) is 0.840. The molecule has 2 N–H and O–H groups in total. The number of hydrogen-bond donors (Lipinski definition) is 2. The van der Waals surface area contributed by atoms with Crippen LogP contribution in [0.5, 0.6) is 0 Å². The van der Waals surface area contributed by atoms with E-state index < -0.39 is 5.91 Å². The fourth-order valence-corrected chi connectivity index (χ4v) is 2.54. The van der Waals surface area contributed by atoms with Crippen LogP contribution >= 0.6 is 34.8 Å². The van der Waals surface area contributed by atoms with Crippen LogP contribution in [0.3, 0.4) is 0 Å². The first-order chi connectivity index (χ1) is 10.9. The summed E-state index contributed by atoms with van der Waals surface area (Å²) in [7, 11) is 0. The molecule has 4 nitrogen and oxygen atoms in total. The normalized spacial score (nSPS) is 10.3. The van der Waals surface area contributed by atoms with Crippen LogP contribution in [-0.4, -0.2) is 18.4 Å². The van der Waals surface area contributed by atoms with Crippen LogP contribution in [0.4, 0.5) is 5.69 Å². The van der Waals surface area contributed by atoms with Gasteiger partial charge in [-0.15, -0.1) is 0 Å². The van der Waals surface area contributed by atoms with Crippen molar-refractivity contribution in [2.75, 3.05) is 11.9 Å². The molecule has 0 aliphatic rings. The van der Waals surface area contributed by atoms with Crippen LogP contribution < -0.4 is 10.6 Å². The van der Waals surface area contributed by atoms with Gasteiger partial charge in [-0.25, -0.2) is 0 Å². The molecule has 2 rings (SSSR count). The van der Waals surface area contributed by atoms with Crippen molar-refractivity contribution in [2.45, 2.75) is 6.92 Å². The molecule has 0 atom stereocenters. The van der Waals surface area contributed by atoms with Gasteiger partial charge in [0.15, 0.2) is 0 Å². The van der Waals surface area contributed by atoms with Gasteiger partial charge in [-0.05, 0) is 42.8 Å². The average Bonchev–Trinajstić information content (AvgIpc) is 2.49. The highest BCUT2D eigenvalue weighted by atomic mass is 35.5. The SMILES string of the molecule is Cc1c(Cl)cccc1NC(=O)CNC(=O)c1ccc(Cl)cc1Cl. The van der Waals surface area contributed by atoms with E-state index in [1.54, 1.807) is 31.2 Å². The Morgan fingerprint density at radius 1 is 1.04 bits per heavy atom. The predicted octanol–water partition coefficient (Wildman–Crippen LogP) is 4.32. The van der Waals surface area contributed by atoms with Gasteiger partial charge >= 0.3 is 0 Å². The zero-order valence-corrected chi connectivity index (χ0v) is 14.4. The highest BCUT2D eigenvalue weighted by Crippen LogP contribution is 2.23. The fraction of sp³-hybridized carbons (Fsp3) is 0.125. The van der Waals surface area contributed by atoms with Crippen molar-refractivity contribution in [2.24, 2.45) is 0 Å². The smallest absolute Gasteiger partial charge is 0.253 e. The Bertz CT molecular complexity index is 763. The number of carbonyl (C=O) groups is 2. The first-order valence-corrected chi connectivity index (χ1v) is 7.80. The van der Waals surface area contributed by atoms with Gasteiger partial charge in [-0.1, -0.05) is 40.9 Å². The maximum atomic E-state index is 12.0. The Balaban J connectivity index is 1.96. The number of halogens is 3. The van der Waals surface area contributed by atoms with Crippen molar-refractivity contribution in [1.29, 1.82) is 0 Å². The third kappa shape index (κ3) is 4.61. The zero-order valence-electron chi connectivity index (χ0n) is 12.1. The van der Waals surface area contributed by atoms with Crippen LogP contribution in [0.1, 0.15) is 15.9 Å². The molecule has 2 aromatic carbocycles.